The topological polar surface area (TPSA) is 12.4 Å². The van der Waals surface area contributed by atoms with Gasteiger partial charge in [0, 0.05) is 16.8 Å². The first-order valence-electron chi connectivity index (χ1n) is 8.95. The van der Waals surface area contributed by atoms with Gasteiger partial charge in [-0.25, -0.2) is 0 Å². The maximum Gasteiger partial charge on any atom is 0.0542 e. The Balaban J connectivity index is 0.000000272. The standard InChI is InChI=1S/C19H17Br.C3H5NS/c1-12-10-13-4-2-3-5-16(13)18-8-6-14-11-15(20)7-9-17(14)19(12)18;1-2-5-3-4-1/h3,5-9,11-12H,2,4,10H2,1H3;3H,1-2H2. The molecule has 1 nitrogen and oxygen atoms in total. The summed E-state index contributed by atoms with van der Waals surface area (Å²) in [6.45, 7) is 3.41. The molecular formula is C22H22BrNS. The van der Waals surface area contributed by atoms with Crippen molar-refractivity contribution in [1.29, 1.82) is 0 Å². The molecule has 0 aromatic heterocycles. The van der Waals surface area contributed by atoms with Gasteiger partial charge in [0.05, 0.1) is 5.55 Å². The van der Waals surface area contributed by atoms with Crippen molar-refractivity contribution in [3.05, 3.63) is 63.7 Å². The van der Waals surface area contributed by atoms with Crippen LogP contribution < -0.4 is 0 Å². The van der Waals surface area contributed by atoms with E-state index in [2.05, 4.69) is 70.3 Å². The van der Waals surface area contributed by atoms with Crippen molar-refractivity contribution in [3.8, 4) is 0 Å². The average molecular weight is 412 g/mol. The molecule has 2 aliphatic carbocycles. The minimum Gasteiger partial charge on any atom is -0.285 e. The van der Waals surface area contributed by atoms with Crippen molar-refractivity contribution >= 4 is 49.6 Å². The van der Waals surface area contributed by atoms with Crippen LogP contribution in [0.4, 0.5) is 0 Å². The Morgan fingerprint density at radius 2 is 2.12 bits per heavy atom. The van der Waals surface area contributed by atoms with Crippen LogP contribution in [0.3, 0.4) is 0 Å². The van der Waals surface area contributed by atoms with Gasteiger partial charge in [0.15, 0.2) is 0 Å². The second kappa shape index (κ2) is 7.51. The molecule has 1 aliphatic heterocycles. The van der Waals surface area contributed by atoms with E-state index >= 15 is 0 Å². The molecule has 25 heavy (non-hydrogen) atoms. The molecule has 0 bridgehead atoms. The second-order valence-electron chi connectivity index (χ2n) is 6.84. The monoisotopic (exact) mass is 411 g/mol. The zero-order chi connectivity index (χ0) is 17.2. The van der Waals surface area contributed by atoms with Crippen molar-refractivity contribution in [3.63, 3.8) is 0 Å². The summed E-state index contributed by atoms with van der Waals surface area (Å²) in [7, 11) is 0. The number of rotatable bonds is 0. The molecule has 128 valence electrons. The molecule has 1 atom stereocenters. The highest BCUT2D eigenvalue weighted by Gasteiger charge is 2.25. The summed E-state index contributed by atoms with van der Waals surface area (Å²) >= 11 is 5.36. The van der Waals surface area contributed by atoms with Gasteiger partial charge in [-0.05, 0) is 64.8 Å². The van der Waals surface area contributed by atoms with Crippen molar-refractivity contribution in [2.75, 3.05) is 12.3 Å². The molecular weight excluding hydrogens is 390 g/mol. The number of fused-ring (bicyclic) bond motifs is 4. The van der Waals surface area contributed by atoms with Gasteiger partial charge in [0.1, 0.15) is 0 Å². The lowest BCUT2D eigenvalue weighted by molar-refractivity contribution is 0.710. The Labute approximate surface area is 162 Å². The highest BCUT2D eigenvalue weighted by molar-refractivity contribution is 9.10. The van der Waals surface area contributed by atoms with E-state index in [9.17, 15) is 0 Å². The van der Waals surface area contributed by atoms with Gasteiger partial charge >= 0.3 is 0 Å². The smallest absolute Gasteiger partial charge is 0.0542 e. The molecule has 3 aliphatic rings. The predicted octanol–water partition coefficient (Wildman–Crippen LogP) is 6.97. The Bertz CT molecular complexity index is 888. The highest BCUT2D eigenvalue weighted by atomic mass is 79.9. The van der Waals surface area contributed by atoms with E-state index in [1.165, 1.54) is 46.9 Å². The molecule has 2 aromatic carbocycles. The first-order valence-corrected chi connectivity index (χ1v) is 10.8. The lowest BCUT2D eigenvalue weighted by atomic mass is 9.75. The number of aliphatic imine (C=N–C) groups is 1. The maximum absolute atomic E-state index is 3.92. The summed E-state index contributed by atoms with van der Waals surface area (Å²) in [6, 6.07) is 11.3. The summed E-state index contributed by atoms with van der Waals surface area (Å²) in [5.74, 6) is 1.82. The molecule has 0 spiro atoms. The summed E-state index contributed by atoms with van der Waals surface area (Å²) in [4.78, 5) is 3.92. The lowest BCUT2D eigenvalue weighted by Crippen LogP contribution is -2.10. The largest absolute Gasteiger partial charge is 0.285 e. The molecule has 0 N–H and O–H groups in total. The van der Waals surface area contributed by atoms with Gasteiger partial charge in [-0.3, -0.25) is 4.99 Å². The Kier molecular flexibility index (Phi) is 5.14. The van der Waals surface area contributed by atoms with Gasteiger partial charge in [-0.1, -0.05) is 58.8 Å². The molecule has 5 rings (SSSR count). The minimum absolute atomic E-state index is 0.625. The van der Waals surface area contributed by atoms with Crippen molar-refractivity contribution in [1.82, 2.24) is 0 Å². The van der Waals surface area contributed by atoms with E-state index in [1.54, 1.807) is 22.9 Å². The van der Waals surface area contributed by atoms with Gasteiger partial charge in [-0.2, -0.15) is 0 Å². The minimum atomic E-state index is 0.625. The van der Waals surface area contributed by atoms with Crippen molar-refractivity contribution < 1.29 is 0 Å². The number of thioether (sulfide) groups is 1. The van der Waals surface area contributed by atoms with Crippen LogP contribution in [0, 0.1) is 0 Å². The third-order valence-electron chi connectivity index (χ3n) is 5.12. The Morgan fingerprint density at radius 1 is 1.20 bits per heavy atom. The average Bonchev–Trinajstić information content (AvgIpc) is 3.21. The molecule has 3 heteroatoms. The Morgan fingerprint density at radius 3 is 2.88 bits per heavy atom. The first kappa shape index (κ1) is 17.1. The van der Waals surface area contributed by atoms with Crippen molar-refractivity contribution in [2.45, 2.75) is 32.1 Å². The number of hydrogen-bond acceptors (Lipinski definition) is 2. The number of nitrogens with zero attached hydrogens (tertiary/aromatic N) is 1. The van der Waals surface area contributed by atoms with E-state index in [4.69, 9.17) is 0 Å². The number of benzene rings is 2. The third-order valence-corrected chi connectivity index (χ3v) is 6.33. The molecule has 0 fully saturated rings. The Hall–Kier alpha value is -1.32. The predicted molar refractivity (Wildman–Crippen MR) is 116 cm³/mol. The summed E-state index contributed by atoms with van der Waals surface area (Å²) in [5.41, 5.74) is 8.06. The second-order valence-corrected chi connectivity index (χ2v) is 8.71. The third kappa shape index (κ3) is 3.50. The maximum atomic E-state index is 3.92. The van der Waals surface area contributed by atoms with Crippen LogP contribution in [-0.4, -0.2) is 17.8 Å². The van der Waals surface area contributed by atoms with Crippen LogP contribution >= 0.6 is 27.7 Å². The zero-order valence-corrected chi connectivity index (χ0v) is 16.9. The van der Waals surface area contributed by atoms with Crippen LogP contribution in [0.25, 0.3) is 16.3 Å². The van der Waals surface area contributed by atoms with E-state index in [0.29, 0.717) is 5.92 Å². The summed E-state index contributed by atoms with van der Waals surface area (Å²) in [5, 5.41) is 2.76. The SMILES string of the molecule is C1=NCCS1.CC1CC2=C(C=CCC2)c2ccc3cc(Br)ccc3c21. The van der Waals surface area contributed by atoms with Gasteiger partial charge < -0.3 is 0 Å². The molecule has 0 radical (unpaired) electrons. The molecule has 2 aromatic rings. The van der Waals surface area contributed by atoms with Crippen LogP contribution in [0.2, 0.25) is 0 Å². The van der Waals surface area contributed by atoms with E-state index in [1.807, 2.05) is 5.55 Å². The summed E-state index contributed by atoms with van der Waals surface area (Å²) < 4.78 is 1.16. The first-order chi connectivity index (χ1) is 12.2. The fourth-order valence-electron chi connectivity index (χ4n) is 4.03. The van der Waals surface area contributed by atoms with Crippen LogP contribution in [0.5, 0.6) is 0 Å². The van der Waals surface area contributed by atoms with Crippen molar-refractivity contribution in [2.24, 2.45) is 4.99 Å². The fourth-order valence-corrected chi connectivity index (χ4v) is 4.94. The van der Waals surface area contributed by atoms with Crippen LogP contribution in [0.1, 0.15) is 43.2 Å². The van der Waals surface area contributed by atoms with Gasteiger partial charge in [0.2, 0.25) is 0 Å². The molecule has 0 saturated heterocycles. The molecule has 0 amide bonds. The van der Waals surface area contributed by atoms with E-state index < -0.39 is 0 Å². The van der Waals surface area contributed by atoms with Gasteiger partial charge in [0.25, 0.3) is 0 Å². The highest BCUT2D eigenvalue weighted by Crippen LogP contribution is 2.45. The lowest BCUT2D eigenvalue weighted by Gasteiger charge is -2.30. The van der Waals surface area contributed by atoms with E-state index in [-0.39, 0.29) is 0 Å². The quantitative estimate of drug-likeness (QED) is 0.455. The zero-order valence-electron chi connectivity index (χ0n) is 14.5. The molecule has 0 saturated carbocycles. The van der Waals surface area contributed by atoms with Crippen LogP contribution in [0.15, 0.2) is 57.5 Å². The molecule has 1 unspecified atom stereocenters. The number of allylic oxidation sites excluding steroid dienone is 4. The fraction of sp³-hybridized carbons (Fsp3) is 0.318. The number of halogens is 1. The summed E-state index contributed by atoms with van der Waals surface area (Å²) in [6.07, 6.45) is 8.34. The normalized spacial score (nSPS) is 21.0. The van der Waals surface area contributed by atoms with Gasteiger partial charge in [-0.15, -0.1) is 11.8 Å². The van der Waals surface area contributed by atoms with Crippen LogP contribution in [-0.2, 0) is 0 Å². The number of hydrogen-bond donors (Lipinski definition) is 0. The molecule has 1 heterocycles. The van der Waals surface area contributed by atoms with E-state index in [0.717, 1.165) is 11.0 Å².